The molecule has 1 aromatic heterocycles. The van der Waals surface area contributed by atoms with E-state index in [2.05, 4.69) is 50.4 Å². The number of hydrogen-bond donors (Lipinski definition) is 0. The lowest BCUT2D eigenvalue weighted by Gasteiger charge is -2.30. The van der Waals surface area contributed by atoms with Crippen molar-refractivity contribution in [3.05, 3.63) is 35.2 Å². The summed E-state index contributed by atoms with van der Waals surface area (Å²) in [4.78, 5) is 0. The monoisotopic (exact) mass is 288 g/mol. The Kier molecular flexibility index (Phi) is 5.65. The van der Waals surface area contributed by atoms with Crippen LogP contribution in [0.1, 0.15) is 71.3 Å². The molecule has 0 saturated heterocycles. The fraction of sp³-hybridized carbons (Fsp3) is 0.579. The van der Waals surface area contributed by atoms with Gasteiger partial charge in [-0.2, -0.15) is 0 Å². The maximum absolute atomic E-state index is 2.47. The molecule has 2 aromatic rings. The van der Waals surface area contributed by atoms with Crippen LogP contribution in [0, 0.1) is 0 Å². The normalized spacial score (nSPS) is 14.6. The quantitative estimate of drug-likeness (QED) is 0.462. The largest absolute Gasteiger partial charge is 0.144 e. The molecule has 0 nitrogen and oxygen atoms in total. The predicted molar refractivity (Wildman–Crippen MR) is 92.8 cm³/mol. The van der Waals surface area contributed by atoms with Gasteiger partial charge in [0.05, 0.1) is 0 Å². The standard InChI is InChI=1S/C19H28S/c1-4-6-7-8-13-19(3,12-5-2)17-9-10-18-16(15-17)11-14-20-18/h9-11,14-15H,4-8,12-13H2,1-3H3. The molecule has 0 aliphatic carbocycles. The molecule has 0 saturated carbocycles. The summed E-state index contributed by atoms with van der Waals surface area (Å²) in [5.74, 6) is 0. The zero-order chi connectivity index (χ0) is 14.4. The lowest BCUT2D eigenvalue weighted by molar-refractivity contribution is 0.377. The van der Waals surface area contributed by atoms with Crippen molar-refractivity contribution in [2.24, 2.45) is 0 Å². The Hall–Kier alpha value is -0.820. The SMILES string of the molecule is CCCCCCC(C)(CCC)c1ccc2sccc2c1. The Morgan fingerprint density at radius 1 is 0.950 bits per heavy atom. The number of unbranched alkanes of at least 4 members (excludes halogenated alkanes) is 3. The van der Waals surface area contributed by atoms with E-state index in [0.29, 0.717) is 5.41 Å². The summed E-state index contributed by atoms with van der Waals surface area (Å²) >= 11 is 1.84. The first-order valence-corrected chi connectivity index (χ1v) is 9.05. The minimum Gasteiger partial charge on any atom is -0.144 e. The van der Waals surface area contributed by atoms with E-state index < -0.39 is 0 Å². The number of thiophene rings is 1. The minimum absolute atomic E-state index is 0.360. The highest BCUT2D eigenvalue weighted by Crippen LogP contribution is 2.36. The van der Waals surface area contributed by atoms with Gasteiger partial charge >= 0.3 is 0 Å². The van der Waals surface area contributed by atoms with Crippen molar-refractivity contribution >= 4 is 21.4 Å². The molecule has 0 N–H and O–H groups in total. The number of fused-ring (bicyclic) bond motifs is 1. The first-order chi connectivity index (χ1) is 9.69. The van der Waals surface area contributed by atoms with Gasteiger partial charge in [0.25, 0.3) is 0 Å². The molecule has 0 fully saturated rings. The molecule has 0 aliphatic rings. The van der Waals surface area contributed by atoms with Crippen LogP contribution in [0.4, 0.5) is 0 Å². The molecule has 0 bridgehead atoms. The third-order valence-electron chi connectivity index (χ3n) is 4.53. The van der Waals surface area contributed by atoms with E-state index in [4.69, 9.17) is 0 Å². The number of rotatable bonds is 8. The zero-order valence-corrected chi connectivity index (χ0v) is 14.1. The third kappa shape index (κ3) is 3.63. The lowest BCUT2D eigenvalue weighted by atomic mass is 9.74. The van der Waals surface area contributed by atoms with Gasteiger partial charge in [-0.3, -0.25) is 0 Å². The first-order valence-electron chi connectivity index (χ1n) is 8.17. The summed E-state index contributed by atoms with van der Waals surface area (Å²) in [6, 6.07) is 9.37. The highest BCUT2D eigenvalue weighted by atomic mass is 32.1. The number of hydrogen-bond acceptors (Lipinski definition) is 1. The Bertz CT molecular complexity index is 525. The van der Waals surface area contributed by atoms with Gasteiger partial charge in [0.15, 0.2) is 0 Å². The molecule has 0 aliphatic heterocycles. The molecule has 1 aromatic carbocycles. The predicted octanol–water partition coefficient (Wildman–Crippen LogP) is 6.93. The van der Waals surface area contributed by atoms with Crippen LogP contribution in [0.2, 0.25) is 0 Å². The van der Waals surface area contributed by atoms with Crippen LogP contribution < -0.4 is 0 Å². The number of benzene rings is 1. The lowest BCUT2D eigenvalue weighted by Crippen LogP contribution is -2.21. The summed E-state index contributed by atoms with van der Waals surface area (Å²) in [5, 5.41) is 3.62. The zero-order valence-electron chi connectivity index (χ0n) is 13.2. The average Bonchev–Trinajstić information content (AvgIpc) is 2.91. The van der Waals surface area contributed by atoms with Crippen LogP contribution in [0.5, 0.6) is 0 Å². The van der Waals surface area contributed by atoms with E-state index in [1.807, 2.05) is 11.3 Å². The van der Waals surface area contributed by atoms with E-state index in [1.165, 1.54) is 55.0 Å². The van der Waals surface area contributed by atoms with Gasteiger partial charge < -0.3 is 0 Å². The van der Waals surface area contributed by atoms with Crippen molar-refractivity contribution in [2.75, 3.05) is 0 Å². The van der Waals surface area contributed by atoms with E-state index >= 15 is 0 Å². The van der Waals surface area contributed by atoms with Crippen molar-refractivity contribution in [1.29, 1.82) is 0 Å². The van der Waals surface area contributed by atoms with Crippen molar-refractivity contribution in [3.8, 4) is 0 Å². The molecule has 0 radical (unpaired) electrons. The maximum Gasteiger partial charge on any atom is 0.0342 e. The molecule has 2 rings (SSSR count). The maximum atomic E-state index is 2.47. The van der Waals surface area contributed by atoms with Gasteiger partial charge in [0, 0.05) is 4.70 Å². The molecule has 0 amide bonds. The second-order valence-corrected chi connectivity index (χ2v) is 7.24. The van der Waals surface area contributed by atoms with Crippen molar-refractivity contribution in [3.63, 3.8) is 0 Å². The van der Waals surface area contributed by atoms with Crippen LogP contribution >= 0.6 is 11.3 Å². The summed E-state index contributed by atoms with van der Waals surface area (Å²) in [7, 11) is 0. The molecule has 110 valence electrons. The summed E-state index contributed by atoms with van der Waals surface area (Å²) < 4.78 is 1.42. The average molecular weight is 288 g/mol. The van der Waals surface area contributed by atoms with Gasteiger partial charge in [-0.1, -0.05) is 58.9 Å². The van der Waals surface area contributed by atoms with E-state index in [-0.39, 0.29) is 0 Å². The van der Waals surface area contributed by atoms with Crippen LogP contribution in [0.3, 0.4) is 0 Å². The Balaban J connectivity index is 2.16. The molecule has 1 unspecified atom stereocenters. The van der Waals surface area contributed by atoms with E-state index in [1.54, 1.807) is 5.56 Å². The van der Waals surface area contributed by atoms with E-state index in [0.717, 1.165) is 0 Å². The van der Waals surface area contributed by atoms with Crippen LogP contribution in [-0.2, 0) is 5.41 Å². The van der Waals surface area contributed by atoms with Crippen molar-refractivity contribution in [1.82, 2.24) is 0 Å². The molecule has 1 atom stereocenters. The molecular formula is C19H28S. The van der Waals surface area contributed by atoms with Crippen molar-refractivity contribution in [2.45, 2.75) is 71.1 Å². The smallest absolute Gasteiger partial charge is 0.0342 e. The van der Waals surface area contributed by atoms with E-state index in [9.17, 15) is 0 Å². The topological polar surface area (TPSA) is 0 Å². The second-order valence-electron chi connectivity index (χ2n) is 6.29. The Morgan fingerprint density at radius 3 is 2.55 bits per heavy atom. The minimum atomic E-state index is 0.360. The van der Waals surface area contributed by atoms with Gasteiger partial charge in [-0.05, 0) is 52.8 Å². The van der Waals surface area contributed by atoms with Crippen LogP contribution in [0.15, 0.2) is 29.6 Å². The summed E-state index contributed by atoms with van der Waals surface area (Å²) in [5.41, 5.74) is 1.90. The fourth-order valence-corrected chi connectivity index (χ4v) is 4.02. The summed E-state index contributed by atoms with van der Waals surface area (Å²) in [6.45, 7) is 7.07. The third-order valence-corrected chi connectivity index (χ3v) is 5.43. The molecule has 1 heteroatoms. The molecular weight excluding hydrogens is 260 g/mol. The van der Waals surface area contributed by atoms with Gasteiger partial charge in [0.2, 0.25) is 0 Å². The Morgan fingerprint density at radius 2 is 1.80 bits per heavy atom. The second kappa shape index (κ2) is 7.26. The van der Waals surface area contributed by atoms with Gasteiger partial charge in [-0.25, -0.2) is 0 Å². The Labute approximate surface area is 128 Å². The van der Waals surface area contributed by atoms with Crippen molar-refractivity contribution < 1.29 is 0 Å². The first kappa shape index (κ1) is 15.6. The molecule has 1 heterocycles. The molecule has 20 heavy (non-hydrogen) atoms. The fourth-order valence-electron chi connectivity index (χ4n) is 3.25. The van der Waals surface area contributed by atoms with Gasteiger partial charge in [-0.15, -0.1) is 11.3 Å². The summed E-state index contributed by atoms with van der Waals surface area (Å²) in [6.07, 6.45) is 9.36. The molecule has 0 spiro atoms. The van der Waals surface area contributed by atoms with Crippen LogP contribution in [0.25, 0.3) is 10.1 Å². The highest BCUT2D eigenvalue weighted by molar-refractivity contribution is 7.17. The highest BCUT2D eigenvalue weighted by Gasteiger charge is 2.25. The van der Waals surface area contributed by atoms with Crippen LogP contribution in [-0.4, -0.2) is 0 Å². The van der Waals surface area contributed by atoms with Gasteiger partial charge in [0.1, 0.15) is 0 Å².